The summed E-state index contributed by atoms with van der Waals surface area (Å²) in [4.78, 5) is 46.8. The molecular weight excluding hydrogens is 909 g/mol. The Morgan fingerprint density at radius 3 is 2.31 bits per heavy atom. The van der Waals surface area contributed by atoms with E-state index >= 15 is 0 Å². The predicted octanol–water partition coefficient (Wildman–Crippen LogP) is 9.78. The van der Waals surface area contributed by atoms with Gasteiger partial charge in [-0.15, -0.1) is 6.58 Å². The molecule has 1 aliphatic heterocycles. The van der Waals surface area contributed by atoms with Gasteiger partial charge in [0.25, 0.3) is 5.69 Å². The number of hydrogen-bond acceptors (Lipinski definition) is 13. The number of allylic oxidation sites excluding steroid dienone is 1. The van der Waals surface area contributed by atoms with Crippen molar-refractivity contribution in [2.24, 2.45) is 22.9 Å². The first kappa shape index (κ1) is 52.2. The summed E-state index contributed by atoms with van der Waals surface area (Å²) < 4.78 is 32.2. The molecule has 0 bridgehead atoms. The van der Waals surface area contributed by atoms with Gasteiger partial charge in [0.15, 0.2) is 0 Å². The van der Waals surface area contributed by atoms with Crippen molar-refractivity contribution in [1.29, 1.82) is 0 Å². The Hall–Kier alpha value is -6.59. The summed E-state index contributed by atoms with van der Waals surface area (Å²) in [6, 6.07) is 29.8. The summed E-state index contributed by atoms with van der Waals surface area (Å²) >= 11 is 0. The van der Waals surface area contributed by atoms with Gasteiger partial charge in [-0.3, -0.25) is 15.0 Å². The van der Waals surface area contributed by atoms with Crippen molar-refractivity contribution >= 4 is 23.6 Å². The number of carbonyl (C=O) groups is 2. The van der Waals surface area contributed by atoms with E-state index in [2.05, 4.69) is 18.0 Å². The number of nitrogens with zero attached hydrogens (tertiary/aromatic N) is 3. The van der Waals surface area contributed by atoms with Crippen LogP contribution in [0.3, 0.4) is 0 Å². The lowest BCUT2D eigenvalue weighted by Gasteiger charge is -2.59. The fraction of sp³-hybridized carbons (Fsp3) is 0.436. The highest BCUT2D eigenvalue weighted by molar-refractivity contribution is 6.03. The van der Waals surface area contributed by atoms with Crippen molar-refractivity contribution in [3.05, 3.63) is 160 Å². The van der Waals surface area contributed by atoms with Gasteiger partial charge in [0.1, 0.15) is 30.8 Å². The summed E-state index contributed by atoms with van der Waals surface area (Å²) in [5.41, 5.74) is 4.67. The molecule has 0 radical (unpaired) electrons. The van der Waals surface area contributed by atoms with Gasteiger partial charge in [-0.2, -0.15) is 0 Å². The number of non-ortho nitro benzene ring substituents is 1. The van der Waals surface area contributed by atoms with Crippen LogP contribution in [0.4, 0.5) is 15.3 Å². The van der Waals surface area contributed by atoms with Crippen LogP contribution in [-0.4, -0.2) is 89.3 Å². The van der Waals surface area contributed by atoms with E-state index in [0.717, 1.165) is 35.1 Å². The zero-order valence-corrected chi connectivity index (χ0v) is 40.4. The standard InChI is InChI=1S/C55H66N4O12/c1-3-27-58(54(63)67-32-31-66-37-40-17-9-6-10-18-40)50-35-48(57-69-38-41-21-23-43(24-22-41)59(64)65)46-33-42(19-11-13-28-60)45(20-12-14-29-61)51-47-34-44(70-53(62)56-36-39-15-7-5-8-16-39)25-26-49(47)71-55(50,52(46)51)68-30-4-2/h4-10,15-18,21-26,33-34,42,45,50-52,60-61H,2-3,11-14,19-20,27-32,35-38H2,1H3,(H,56,62)/t42-,45+,50-,51+,52+,55+/m0/s1. The molecule has 3 N–H and O–H groups in total. The molecule has 16 nitrogen and oxygen atoms in total. The number of hydrogen-bond donors (Lipinski definition) is 3. The summed E-state index contributed by atoms with van der Waals surface area (Å²) in [5, 5.41) is 39.1. The van der Waals surface area contributed by atoms with E-state index in [1.807, 2.05) is 73.7 Å². The maximum atomic E-state index is 14.6. The second-order valence-electron chi connectivity index (χ2n) is 18.0. The molecule has 4 aromatic rings. The molecule has 3 aliphatic rings. The predicted molar refractivity (Wildman–Crippen MR) is 267 cm³/mol. The van der Waals surface area contributed by atoms with Gasteiger partial charge < -0.3 is 44.1 Å². The van der Waals surface area contributed by atoms with Crippen molar-refractivity contribution in [2.75, 3.05) is 39.6 Å². The molecule has 0 aromatic heterocycles. The molecule has 2 aliphatic carbocycles. The van der Waals surface area contributed by atoms with Crippen LogP contribution in [-0.2, 0) is 38.8 Å². The average molecular weight is 975 g/mol. The Morgan fingerprint density at radius 1 is 0.915 bits per heavy atom. The second-order valence-corrected chi connectivity index (χ2v) is 18.0. The van der Waals surface area contributed by atoms with Gasteiger partial charge in [-0.1, -0.05) is 97.7 Å². The molecule has 0 unspecified atom stereocenters. The number of aliphatic hydroxyl groups is 2. The average Bonchev–Trinajstić information content (AvgIpc) is 3.38. The van der Waals surface area contributed by atoms with E-state index in [-0.39, 0.29) is 82.6 Å². The summed E-state index contributed by atoms with van der Waals surface area (Å²) in [5.74, 6) is -1.90. The van der Waals surface area contributed by atoms with E-state index in [4.69, 9.17) is 33.7 Å². The first-order valence-electron chi connectivity index (χ1n) is 24.7. The van der Waals surface area contributed by atoms with Gasteiger partial charge in [-0.05, 0) is 96.5 Å². The lowest BCUT2D eigenvalue weighted by atomic mass is 9.55. The van der Waals surface area contributed by atoms with Crippen LogP contribution in [0.5, 0.6) is 11.5 Å². The normalized spacial score (nSPS) is 21.4. The Kier molecular flexibility index (Phi) is 19.2. The number of aliphatic hydroxyl groups excluding tert-OH is 2. The molecule has 0 spiro atoms. The maximum absolute atomic E-state index is 14.6. The Labute approximate surface area is 415 Å². The van der Waals surface area contributed by atoms with Crippen LogP contribution in [0, 0.1) is 27.9 Å². The number of carbonyl (C=O) groups excluding carboxylic acids is 2. The molecule has 1 fully saturated rings. The summed E-state index contributed by atoms with van der Waals surface area (Å²) in [6.45, 7) is 7.17. The highest BCUT2D eigenvalue weighted by atomic mass is 16.7. The van der Waals surface area contributed by atoms with Crippen molar-refractivity contribution < 1.29 is 53.2 Å². The zero-order chi connectivity index (χ0) is 50.0. The molecule has 378 valence electrons. The topological polar surface area (TPSA) is 201 Å². The van der Waals surface area contributed by atoms with Crippen LogP contribution in [0.15, 0.2) is 133 Å². The van der Waals surface area contributed by atoms with E-state index in [1.165, 1.54) is 12.1 Å². The van der Waals surface area contributed by atoms with Gasteiger partial charge >= 0.3 is 12.2 Å². The fourth-order valence-corrected chi connectivity index (χ4v) is 10.2. The largest absolute Gasteiger partial charge is 0.459 e. The lowest BCUT2D eigenvalue weighted by molar-refractivity contribution is -0.384. The fourth-order valence-electron chi connectivity index (χ4n) is 10.2. The number of benzene rings is 4. The number of nitro benzene ring substituents is 1. The van der Waals surface area contributed by atoms with E-state index in [9.17, 15) is 29.9 Å². The van der Waals surface area contributed by atoms with Gasteiger partial charge in [-0.25, -0.2) is 9.59 Å². The summed E-state index contributed by atoms with van der Waals surface area (Å²) in [7, 11) is 0. The molecule has 2 amide bonds. The number of amides is 2. The quantitative estimate of drug-likeness (QED) is 0.0233. The number of rotatable bonds is 26. The smallest absolute Gasteiger partial charge is 0.412 e. The number of ether oxygens (including phenoxy) is 5. The van der Waals surface area contributed by atoms with Crippen LogP contribution in [0.2, 0.25) is 0 Å². The van der Waals surface area contributed by atoms with Crippen LogP contribution in [0.1, 0.15) is 86.5 Å². The zero-order valence-electron chi connectivity index (χ0n) is 40.4. The van der Waals surface area contributed by atoms with Crippen molar-refractivity contribution in [3.8, 4) is 11.5 Å². The van der Waals surface area contributed by atoms with Gasteiger partial charge in [0.05, 0.1) is 36.4 Å². The van der Waals surface area contributed by atoms with Crippen LogP contribution in [0.25, 0.3) is 0 Å². The highest BCUT2D eigenvalue weighted by Gasteiger charge is 2.65. The van der Waals surface area contributed by atoms with Crippen molar-refractivity contribution in [1.82, 2.24) is 10.2 Å². The summed E-state index contributed by atoms with van der Waals surface area (Å²) in [6.07, 6.45) is 7.42. The van der Waals surface area contributed by atoms with Gasteiger partial charge in [0.2, 0.25) is 5.79 Å². The third kappa shape index (κ3) is 13.2. The van der Waals surface area contributed by atoms with E-state index < -0.39 is 34.9 Å². The third-order valence-electron chi connectivity index (χ3n) is 13.3. The minimum atomic E-state index is -1.55. The molecule has 1 saturated carbocycles. The number of nitro groups is 1. The monoisotopic (exact) mass is 974 g/mol. The first-order chi connectivity index (χ1) is 34.7. The molecule has 7 rings (SSSR count). The highest BCUT2D eigenvalue weighted by Crippen LogP contribution is 2.62. The van der Waals surface area contributed by atoms with E-state index in [1.54, 1.807) is 35.2 Å². The van der Waals surface area contributed by atoms with E-state index in [0.29, 0.717) is 61.5 Å². The Balaban J connectivity index is 1.32. The number of fused-ring (bicyclic) bond motifs is 2. The SMILES string of the molecule is C=CCO[C@@]12Oc3ccc(OC(=O)NCc4ccccc4)cc3[C@H]3[C@H](CCCCO)[C@@H](CCCCO)C=C(C(=NOCc4ccc([N+](=O)[O-])cc4)C[C@@H]1N(CCC)C(=O)OCCOCc1ccccc1)[C@H]32. The molecule has 71 heavy (non-hydrogen) atoms. The van der Waals surface area contributed by atoms with Crippen molar-refractivity contribution in [3.63, 3.8) is 0 Å². The molecule has 1 heterocycles. The molecular formula is C55H66N4O12. The number of nitrogens with one attached hydrogen (secondary N) is 1. The first-order valence-corrected chi connectivity index (χ1v) is 24.7. The second kappa shape index (κ2) is 26.0. The van der Waals surface area contributed by atoms with Crippen molar-refractivity contribution in [2.45, 2.75) is 95.8 Å². The Bertz CT molecular complexity index is 2430. The number of unbranched alkanes of at least 4 members (excludes halogenated alkanes) is 2. The maximum Gasteiger partial charge on any atom is 0.412 e. The molecule has 6 atom stereocenters. The minimum Gasteiger partial charge on any atom is -0.459 e. The molecule has 4 aromatic carbocycles. The third-order valence-corrected chi connectivity index (χ3v) is 13.3. The van der Waals surface area contributed by atoms with Crippen LogP contribution < -0.4 is 14.8 Å². The lowest BCUT2D eigenvalue weighted by Crippen LogP contribution is -2.70. The number of oxime groups is 1. The molecule has 0 saturated heterocycles. The van der Waals surface area contributed by atoms with Gasteiger partial charge in [0, 0.05) is 56.3 Å². The molecule has 16 heteroatoms. The minimum absolute atomic E-state index is 0.00538. The van der Waals surface area contributed by atoms with Crippen LogP contribution >= 0.6 is 0 Å². The Morgan fingerprint density at radius 2 is 1.62 bits per heavy atom.